The van der Waals surface area contributed by atoms with Crippen LogP contribution in [0, 0.1) is 5.82 Å². The van der Waals surface area contributed by atoms with E-state index in [0.717, 1.165) is 61.3 Å². The third-order valence-corrected chi connectivity index (χ3v) is 8.37. The highest BCUT2D eigenvalue weighted by atomic mass is 19.1. The number of unbranched alkanes of at least 4 members (excludes halogenated alkanes) is 2. The van der Waals surface area contributed by atoms with E-state index in [-0.39, 0.29) is 17.8 Å². The molecule has 4 aromatic carbocycles. The zero-order chi connectivity index (χ0) is 29.9. The Kier molecular flexibility index (Phi) is 11.0. The van der Waals surface area contributed by atoms with Crippen molar-refractivity contribution < 1.29 is 13.9 Å². The molecule has 0 spiro atoms. The Morgan fingerprint density at radius 3 is 2.12 bits per heavy atom. The lowest BCUT2D eigenvalue weighted by atomic mass is 9.99. The fourth-order valence-corrected chi connectivity index (χ4v) is 5.79. The highest BCUT2D eigenvalue weighted by Crippen LogP contribution is 2.24. The molecule has 5 rings (SSSR count). The van der Waals surface area contributed by atoms with E-state index in [9.17, 15) is 9.18 Å². The van der Waals surface area contributed by atoms with Crippen LogP contribution >= 0.6 is 0 Å². The van der Waals surface area contributed by atoms with Gasteiger partial charge in [0, 0.05) is 37.8 Å². The van der Waals surface area contributed by atoms with Gasteiger partial charge in [-0.1, -0.05) is 86.5 Å². The fourth-order valence-electron chi connectivity index (χ4n) is 5.79. The van der Waals surface area contributed by atoms with Gasteiger partial charge in [0.15, 0.2) is 0 Å². The summed E-state index contributed by atoms with van der Waals surface area (Å²) >= 11 is 0. The third kappa shape index (κ3) is 9.01. The van der Waals surface area contributed by atoms with Gasteiger partial charge in [0.2, 0.25) is 0 Å². The number of hydrogen-bond acceptors (Lipinski definition) is 3. The molecule has 43 heavy (non-hydrogen) atoms. The maximum absolute atomic E-state index is 14.0. The van der Waals surface area contributed by atoms with E-state index in [0.29, 0.717) is 13.2 Å². The summed E-state index contributed by atoms with van der Waals surface area (Å²) in [6.45, 7) is 6.03. The number of amides is 1. The van der Waals surface area contributed by atoms with Crippen molar-refractivity contribution in [3.05, 3.63) is 137 Å². The minimum Gasteiger partial charge on any atom is -0.489 e. The molecule has 0 unspecified atom stereocenters. The first-order valence-electron chi connectivity index (χ1n) is 15.7. The van der Waals surface area contributed by atoms with Crippen LogP contribution in [0.15, 0.2) is 103 Å². The second kappa shape index (κ2) is 15.5. The minimum absolute atomic E-state index is 0.0956. The van der Waals surface area contributed by atoms with Crippen LogP contribution in [0.25, 0.3) is 0 Å². The summed E-state index contributed by atoms with van der Waals surface area (Å²) in [6, 6.07) is 33.4. The molecule has 0 atom stereocenters. The Hall–Kier alpha value is -3.96. The summed E-state index contributed by atoms with van der Waals surface area (Å²) in [5, 5.41) is 0. The van der Waals surface area contributed by atoms with Crippen molar-refractivity contribution in [2.45, 2.75) is 71.2 Å². The summed E-state index contributed by atoms with van der Waals surface area (Å²) in [5.74, 6) is 0.592. The summed E-state index contributed by atoms with van der Waals surface area (Å²) in [6.07, 6.45) is 6.58. The van der Waals surface area contributed by atoms with E-state index in [1.807, 2.05) is 36.4 Å². The van der Waals surface area contributed by atoms with Crippen molar-refractivity contribution in [1.29, 1.82) is 0 Å². The Morgan fingerprint density at radius 2 is 1.44 bits per heavy atom. The van der Waals surface area contributed by atoms with Crippen LogP contribution in [0.2, 0.25) is 0 Å². The smallest absolute Gasteiger partial charge is 0.254 e. The fraction of sp³-hybridized carbons (Fsp3) is 0.342. The van der Waals surface area contributed by atoms with Gasteiger partial charge in [-0.05, 0) is 84.3 Å². The zero-order valence-corrected chi connectivity index (χ0v) is 25.3. The maximum atomic E-state index is 14.0. The molecule has 1 aliphatic rings. The number of ether oxygens (including phenoxy) is 1. The third-order valence-electron chi connectivity index (χ3n) is 8.37. The van der Waals surface area contributed by atoms with Crippen molar-refractivity contribution in [2.24, 2.45) is 0 Å². The van der Waals surface area contributed by atoms with Crippen LogP contribution in [0.3, 0.4) is 0 Å². The lowest BCUT2D eigenvalue weighted by Crippen LogP contribution is -2.46. The lowest BCUT2D eigenvalue weighted by molar-refractivity contribution is 0.0543. The van der Waals surface area contributed by atoms with Gasteiger partial charge >= 0.3 is 0 Å². The van der Waals surface area contributed by atoms with E-state index in [1.54, 1.807) is 12.1 Å². The number of nitrogens with zero attached hydrogens (tertiary/aromatic N) is 2. The van der Waals surface area contributed by atoms with Crippen molar-refractivity contribution in [3.63, 3.8) is 0 Å². The van der Waals surface area contributed by atoms with Crippen molar-refractivity contribution in [3.8, 4) is 5.75 Å². The number of carbonyl (C=O) groups excluding carboxylic acids is 1. The molecule has 1 amide bonds. The molecule has 0 bridgehead atoms. The van der Waals surface area contributed by atoms with E-state index < -0.39 is 0 Å². The molecule has 0 aliphatic carbocycles. The molecule has 4 nitrogen and oxygen atoms in total. The number of hydrogen-bond donors (Lipinski definition) is 0. The molecule has 1 heterocycles. The molecular weight excluding hydrogens is 535 g/mol. The number of likely N-dealkylation sites (tertiary alicyclic amines) is 1. The molecule has 224 valence electrons. The summed E-state index contributed by atoms with van der Waals surface area (Å²) in [4.78, 5) is 18.6. The van der Waals surface area contributed by atoms with Gasteiger partial charge in [0.25, 0.3) is 5.91 Å². The van der Waals surface area contributed by atoms with E-state index in [4.69, 9.17) is 4.74 Å². The predicted molar refractivity (Wildman–Crippen MR) is 171 cm³/mol. The highest BCUT2D eigenvalue weighted by molar-refractivity contribution is 5.94. The molecule has 1 saturated heterocycles. The van der Waals surface area contributed by atoms with Crippen LogP contribution in [0.5, 0.6) is 5.75 Å². The Labute approximate surface area is 256 Å². The average Bonchev–Trinajstić information content (AvgIpc) is 3.05. The molecular formula is C38H43FN2O2. The van der Waals surface area contributed by atoms with Gasteiger partial charge in [0.05, 0.1) is 0 Å². The molecule has 0 radical (unpaired) electrons. The second-order valence-electron chi connectivity index (χ2n) is 11.6. The normalized spacial score (nSPS) is 14.0. The summed E-state index contributed by atoms with van der Waals surface area (Å²) in [7, 11) is 0. The van der Waals surface area contributed by atoms with Crippen molar-refractivity contribution >= 4 is 5.91 Å². The molecule has 0 N–H and O–H groups in total. The van der Waals surface area contributed by atoms with Crippen molar-refractivity contribution in [1.82, 2.24) is 9.80 Å². The van der Waals surface area contributed by atoms with Crippen LogP contribution < -0.4 is 4.74 Å². The van der Waals surface area contributed by atoms with E-state index in [2.05, 4.69) is 59.2 Å². The first-order valence-corrected chi connectivity index (χ1v) is 15.7. The predicted octanol–water partition coefficient (Wildman–Crippen LogP) is 8.44. The second-order valence-corrected chi connectivity index (χ2v) is 11.6. The number of halogens is 1. The van der Waals surface area contributed by atoms with Gasteiger partial charge in [-0.25, -0.2) is 4.39 Å². The molecule has 1 aliphatic heterocycles. The van der Waals surface area contributed by atoms with Gasteiger partial charge in [-0.15, -0.1) is 0 Å². The van der Waals surface area contributed by atoms with Gasteiger partial charge in [0.1, 0.15) is 18.2 Å². The molecule has 0 saturated carbocycles. The minimum atomic E-state index is -0.253. The number of rotatable bonds is 13. The largest absolute Gasteiger partial charge is 0.489 e. The number of piperidine rings is 1. The molecule has 1 fully saturated rings. The quantitative estimate of drug-likeness (QED) is 0.149. The van der Waals surface area contributed by atoms with Crippen LogP contribution in [-0.4, -0.2) is 34.8 Å². The maximum Gasteiger partial charge on any atom is 0.254 e. The SMILES string of the molecule is CCCCCc1ccc(C(=O)N(Cc2ccc(OCc3ccc(F)cc3)cc2)C2CCN(Cc3ccccc3)CC2)cc1. The molecule has 5 heteroatoms. The first kappa shape index (κ1) is 30.5. The molecule has 4 aromatic rings. The average molecular weight is 579 g/mol. The van der Waals surface area contributed by atoms with Gasteiger partial charge < -0.3 is 9.64 Å². The highest BCUT2D eigenvalue weighted by Gasteiger charge is 2.29. The monoisotopic (exact) mass is 578 g/mol. The van der Waals surface area contributed by atoms with Crippen LogP contribution in [0.4, 0.5) is 4.39 Å². The Morgan fingerprint density at radius 1 is 0.791 bits per heavy atom. The zero-order valence-electron chi connectivity index (χ0n) is 25.3. The topological polar surface area (TPSA) is 32.8 Å². The standard InChI is InChI=1S/C38H43FN2O2/c1-2-3-5-8-30-11-17-34(18-12-30)38(42)41(36-23-25-40(26-24-36)27-31-9-6-4-7-10-31)28-32-15-21-37(22-16-32)43-29-33-13-19-35(39)20-14-33/h4,6-7,9-22,36H,2-3,5,8,23-29H2,1H3. The van der Waals surface area contributed by atoms with Crippen LogP contribution in [0.1, 0.15) is 71.6 Å². The molecule has 0 aromatic heterocycles. The Balaban J connectivity index is 1.25. The van der Waals surface area contributed by atoms with Crippen molar-refractivity contribution in [2.75, 3.05) is 13.1 Å². The van der Waals surface area contributed by atoms with Gasteiger partial charge in [-0.2, -0.15) is 0 Å². The first-order chi connectivity index (χ1) is 21.1. The number of benzene rings is 4. The van der Waals surface area contributed by atoms with E-state index >= 15 is 0 Å². The number of aryl methyl sites for hydroxylation is 1. The van der Waals surface area contributed by atoms with E-state index in [1.165, 1.54) is 42.5 Å². The van der Waals surface area contributed by atoms with Crippen LogP contribution in [-0.2, 0) is 26.1 Å². The lowest BCUT2D eigenvalue weighted by Gasteiger charge is -2.39. The summed E-state index contributed by atoms with van der Waals surface area (Å²) in [5.41, 5.74) is 5.37. The number of carbonyl (C=O) groups is 1. The summed E-state index contributed by atoms with van der Waals surface area (Å²) < 4.78 is 19.1. The van der Waals surface area contributed by atoms with Gasteiger partial charge in [-0.3, -0.25) is 9.69 Å². The Bertz CT molecular complexity index is 1400.